The smallest absolute Gasteiger partial charge is 0.337 e. The lowest BCUT2D eigenvalue weighted by Gasteiger charge is -2.14. The maximum absolute atomic E-state index is 13.3. The summed E-state index contributed by atoms with van der Waals surface area (Å²) in [7, 11) is 0. The molecule has 0 saturated heterocycles. The largest absolute Gasteiger partial charge is 0.478 e. The summed E-state index contributed by atoms with van der Waals surface area (Å²) in [5.41, 5.74) is 0.500. The van der Waals surface area contributed by atoms with Crippen LogP contribution in [-0.2, 0) is 6.42 Å². The molecule has 0 bridgehead atoms. The van der Waals surface area contributed by atoms with Gasteiger partial charge in [0, 0.05) is 11.9 Å². The summed E-state index contributed by atoms with van der Waals surface area (Å²) in [5, 5.41) is 8.76. The predicted octanol–water partition coefficient (Wildman–Crippen LogP) is 2.77. The summed E-state index contributed by atoms with van der Waals surface area (Å²) in [6, 6.07) is 1.57. The van der Waals surface area contributed by atoms with Gasteiger partial charge >= 0.3 is 5.97 Å². The van der Waals surface area contributed by atoms with Crippen LogP contribution < -0.4 is 0 Å². The first-order valence-corrected chi connectivity index (χ1v) is 5.17. The van der Waals surface area contributed by atoms with Gasteiger partial charge in [0.25, 0.3) is 0 Å². The number of carboxylic acids is 1. The zero-order valence-electron chi connectivity index (χ0n) is 9.75. The molecule has 1 aromatic heterocycles. The lowest BCUT2D eigenvalue weighted by atomic mass is 10.0. The molecule has 0 amide bonds. The highest BCUT2D eigenvalue weighted by Crippen LogP contribution is 2.18. The number of aryl methyl sites for hydroxylation is 2. The van der Waals surface area contributed by atoms with Crippen molar-refractivity contribution in [2.24, 2.45) is 0 Å². The molecule has 0 saturated carbocycles. The molecule has 0 fully saturated rings. The highest BCUT2D eigenvalue weighted by atomic mass is 19.1. The van der Waals surface area contributed by atoms with Crippen molar-refractivity contribution in [1.82, 2.24) is 4.98 Å². The van der Waals surface area contributed by atoms with Gasteiger partial charge in [-0.05, 0) is 45.2 Å². The fourth-order valence-corrected chi connectivity index (χ4v) is 1.40. The number of aromatic carboxylic acids is 1. The molecule has 0 atom stereocenters. The lowest BCUT2D eigenvalue weighted by Crippen LogP contribution is -2.14. The van der Waals surface area contributed by atoms with Crippen LogP contribution in [0.2, 0.25) is 0 Å². The van der Waals surface area contributed by atoms with Gasteiger partial charge in [0.1, 0.15) is 5.67 Å². The molecule has 1 N–H and O–H groups in total. The van der Waals surface area contributed by atoms with E-state index in [-0.39, 0.29) is 5.56 Å². The van der Waals surface area contributed by atoms with Crippen LogP contribution in [0, 0.1) is 6.92 Å². The van der Waals surface area contributed by atoms with Gasteiger partial charge in [-0.25, -0.2) is 9.18 Å². The number of aromatic nitrogens is 1. The molecule has 1 heterocycles. The van der Waals surface area contributed by atoms with E-state index >= 15 is 0 Å². The summed E-state index contributed by atoms with van der Waals surface area (Å²) in [5.74, 6) is -0.993. The molecule has 0 spiro atoms. The van der Waals surface area contributed by atoms with Crippen LogP contribution in [0.3, 0.4) is 0 Å². The van der Waals surface area contributed by atoms with Gasteiger partial charge in [0.05, 0.1) is 5.56 Å². The van der Waals surface area contributed by atoms with E-state index in [1.54, 1.807) is 13.0 Å². The Morgan fingerprint density at radius 2 is 2.19 bits per heavy atom. The molecule has 0 aliphatic heterocycles. The number of pyridine rings is 1. The minimum Gasteiger partial charge on any atom is -0.478 e. The van der Waals surface area contributed by atoms with Crippen molar-refractivity contribution < 1.29 is 14.3 Å². The SMILES string of the molecule is Cc1cc(C(=O)O)cnc1CCC(C)(C)F. The van der Waals surface area contributed by atoms with Crippen LogP contribution in [0.5, 0.6) is 0 Å². The Morgan fingerprint density at radius 1 is 1.56 bits per heavy atom. The standard InChI is InChI=1S/C12H16FNO2/c1-8-6-9(11(15)16)7-14-10(8)4-5-12(2,3)13/h6-7H,4-5H2,1-3H3,(H,15,16). The van der Waals surface area contributed by atoms with Gasteiger partial charge in [-0.1, -0.05) is 0 Å². The molecular formula is C12H16FNO2. The first kappa shape index (κ1) is 12.6. The number of hydrogen-bond acceptors (Lipinski definition) is 2. The second-order valence-corrected chi connectivity index (χ2v) is 4.51. The monoisotopic (exact) mass is 225 g/mol. The van der Waals surface area contributed by atoms with Crippen molar-refractivity contribution in [3.05, 3.63) is 29.1 Å². The van der Waals surface area contributed by atoms with E-state index in [1.807, 2.05) is 0 Å². The summed E-state index contributed by atoms with van der Waals surface area (Å²) in [4.78, 5) is 14.7. The Balaban J connectivity index is 2.80. The number of carbonyl (C=O) groups is 1. The van der Waals surface area contributed by atoms with Crippen molar-refractivity contribution in [3.63, 3.8) is 0 Å². The van der Waals surface area contributed by atoms with Crippen LogP contribution in [-0.4, -0.2) is 21.7 Å². The van der Waals surface area contributed by atoms with Gasteiger partial charge in [0.2, 0.25) is 0 Å². The highest BCUT2D eigenvalue weighted by molar-refractivity contribution is 5.87. The van der Waals surface area contributed by atoms with E-state index in [9.17, 15) is 9.18 Å². The molecule has 0 radical (unpaired) electrons. The Kier molecular flexibility index (Phi) is 3.62. The molecular weight excluding hydrogens is 209 g/mol. The predicted molar refractivity (Wildman–Crippen MR) is 59.4 cm³/mol. The zero-order valence-corrected chi connectivity index (χ0v) is 9.75. The Hall–Kier alpha value is -1.45. The van der Waals surface area contributed by atoms with Crippen LogP contribution >= 0.6 is 0 Å². The zero-order chi connectivity index (χ0) is 12.3. The van der Waals surface area contributed by atoms with Crippen LogP contribution in [0.4, 0.5) is 4.39 Å². The van der Waals surface area contributed by atoms with Crippen molar-refractivity contribution in [2.75, 3.05) is 0 Å². The minimum absolute atomic E-state index is 0.167. The van der Waals surface area contributed by atoms with Gasteiger partial charge in [-0.2, -0.15) is 0 Å². The molecule has 1 aromatic rings. The van der Waals surface area contributed by atoms with Gasteiger partial charge in [0.15, 0.2) is 0 Å². The second-order valence-electron chi connectivity index (χ2n) is 4.51. The van der Waals surface area contributed by atoms with Crippen molar-refractivity contribution in [3.8, 4) is 0 Å². The van der Waals surface area contributed by atoms with E-state index in [1.165, 1.54) is 20.0 Å². The summed E-state index contributed by atoms with van der Waals surface area (Å²) < 4.78 is 13.3. The average molecular weight is 225 g/mol. The van der Waals surface area contributed by atoms with Crippen LogP contribution in [0.1, 0.15) is 41.9 Å². The van der Waals surface area contributed by atoms with Gasteiger partial charge in [-0.3, -0.25) is 4.98 Å². The number of nitrogens with zero attached hydrogens (tertiary/aromatic N) is 1. The normalized spacial score (nSPS) is 11.5. The van der Waals surface area contributed by atoms with E-state index in [0.29, 0.717) is 12.8 Å². The summed E-state index contributed by atoms with van der Waals surface area (Å²) in [6.45, 7) is 4.84. The molecule has 4 heteroatoms. The maximum Gasteiger partial charge on any atom is 0.337 e. The number of carboxylic acid groups (broad SMARTS) is 1. The van der Waals surface area contributed by atoms with Crippen molar-refractivity contribution >= 4 is 5.97 Å². The van der Waals surface area contributed by atoms with Crippen molar-refractivity contribution in [1.29, 1.82) is 0 Å². The third kappa shape index (κ3) is 3.61. The summed E-state index contributed by atoms with van der Waals surface area (Å²) in [6.07, 6.45) is 2.22. The van der Waals surface area contributed by atoms with Crippen LogP contribution in [0.15, 0.2) is 12.3 Å². The first-order valence-electron chi connectivity index (χ1n) is 5.17. The molecule has 88 valence electrons. The lowest BCUT2D eigenvalue weighted by molar-refractivity contribution is 0.0696. The molecule has 0 aliphatic carbocycles. The molecule has 16 heavy (non-hydrogen) atoms. The molecule has 3 nitrogen and oxygen atoms in total. The molecule has 1 rings (SSSR count). The summed E-state index contributed by atoms with van der Waals surface area (Å²) >= 11 is 0. The number of rotatable bonds is 4. The molecule has 0 aliphatic rings. The highest BCUT2D eigenvalue weighted by Gasteiger charge is 2.16. The average Bonchev–Trinajstić information content (AvgIpc) is 2.14. The quantitative estimate of drug-likeness (QED) is 0.857. The van der Waals surface area contributed by atoms with E-state index in [4.69, 9.17) is 5.11 Å². The second kappa shape index (κ2) is 4.60. The Labute approximate surface area is 94.3 Å². The van der Waals surface area contributed by atoms with E-state index in [2.05, 4.69) is 4.98 Å². The Morgan fingerprint density at radius 3 is 2.62 bits per heavy atom. The van der Waals surface area contributed by atoms with Gasteiger partial charge in [-0.15, -0.1) is 0 Å². The third-order valence-corrected chi connectivity index (χ3v) is 2.39. The van der Waals surface area contributed by atoms with E-state index in [0.717, 1.165) is 11.3 Å². The molecule has 0 aromatic carbocycles. The van der Waals surface area contributed by atoms with Crippen molar-refractivity contribution in [2.45, 2.75) is 39.3 Å². The minimum atomic E-state index is -1.22. The fourth-order valence-electron chi connectivity index (χ4n) is 1.40. The Bertz CT molecular complexity index is 396. The third-order valence-electron chi connectivity index (χ3n) is 2.39. The van der Waals surface area contributed by atoms with Gasteiger partial charge < -0.3 is 5.11 Å². The van der Waals surface area contributed by atoms with E-state index < -0.39 is 11.6 Å². The van der Waals surface area contributed by atoms with Crippen LogP contribution in [0.25, 0.3) is 0 Å². The fraction of sp³-hybridized carbons (Fsp3) is 0.500. The maximum atomic E-state index is 13.3. The first-order chi connectivity index (χ1) is 7.29. The topological polar surface area (TPSA) is 50.2 Å². The number of hydrogen-bond donors (Lipinski definition) is 1. The number of halogens is 1. The molecule has 0 unspecified atom stereocenters. The number of alkyl halides is 1.